The first-order valence-corrected chi connectivity index (χ1v) is 7.59. The minimum Gasteiger partial charge on any atom is -0.349 e. The molecule has 1 saturated carbocycles. The molecule has 20 heavy (non-hydrogen) atoms. The molecule has 110 valence electrons. The van der Waals surface area contributed by atoms with Crippen molar-refractivity contribution in [3.05, 3.63) is 30.1 Å². The molecule has 0 unspecified atom stereocenters. The summed E-state index contributed by atoms with van der Waals surface area (Å²) < 4.78 is 0. The van der Waals surface area contributed by atoms with Gasteiger partial charge in [0.25, 0.3) is 0 Å². The maximum absolute atomic E-state index is 12.7. The van der Waals surface area contributed by atoms with Crippen molar-refractivity contribution in [3.63, 3.8) is 0 Å². The van der Waals surface area contributed by atoms with Crippen LogP contribution < -0.4 is 11.1 Å². The van der Waals surface area contributed by atoms with Gasteiger partial charge in [-0.3, -0.25) is 9.78 Å². The predicted molar refractivity (Wildman–Crippen MR) is 80.0 cm³/mol. The number of aromatic nitrogens is 1. The van der Waals surface area contributed by atoms with Gasteiger partial charge in [0.2, 0.25) is 5.91 Å². The zero-order valence-electron chi connectivity index (χ0n) is 12.3. The molecule has 0 saturated heterocycles. The number of nitrogens with zero attached hydrogens (tertiary/aromatic N) is 1. The Hall–Kier alpha value is -1.42. The van der Waals surface area contributed by atoms with E-state index in [9.17, 15) is 4.79 Å². The third-order valence-electron chi connectivity index (χ3n) is 4.49. The Morgan fingerprint density at radius 1 is 1.30 bits per heavy atom. The zero-order chi connectivity index (χ0) is 14.4. The van der Waals surface area contributed by atoms with Crippen LogP contribution in [-0.2, 0) is 4.79 Å². The summed E-state index contributed by atoms with van der Waals surface area (Å²) in [6.07, 6.45) is 9.98. The molecular formula is C16H25N3O. The number of hydrogen-bond acceptors (Lipinski definition) is 3. The lowest BCUT2D eigenvalue weighted by atomic mass is 9.79. The van der Waals surface area contributed by atoms with E-state index in [0.717, 1.165) is 31.2 Å². The van der Waals surface area contributed by atoms with Crippen LogP contribution in [0.25, 0.3) is 0 Å². The lowest BCUT2D eigenvalue weighted by molar-refractivity contribution is -0.132. The molecule has 3 N–H and O–H groups in total. The number of carbonyl (C=O) groups is 1. The van der Waals surface area contributed by atoms with Gasteiger partial charge in [-0.25, -0.2) is 0 Å². The quantitative estimate of drug-likeness (QED) is 0.830. The molecule has 0 radical (unpaired) electrons. The van der Waals surface area contributed by atoms with Crippen LogP contribution in [-0.4, -0.2) is 17.4 Å². The Bertz CT molecular complexity index is 425. The summed E-state index contributed by atoms with van der Waals surface area (Å²) >= 11 is 0. The van der Waals surface area contributed by atoms with Crippen LogP contribution in [0.3, 0.4) is 0 Å². The fourth-order valence-corrected chi connectivity index (χ4v) is 3.01. The summed E-state index contributed by atoms with van der Waals surface area (Å²) in [4.78, 5) is 16.7. The Morgan fingerprint density at radius 3 is 2.45 bits per heavy atom. The fraction of sp³-hybridized carbons (Fsp3) is 0.625. The fourth-order valence-electron chi connectivity index (χ4n) is 3.01. The standard InChI is InChI=1S/C16H25N3O/c1-13(14-6-10-18-11-7-14)19-15(20)16(12-17)8-4-2-3-5-9-16/h6-7,10-11,13H,2-5,8-9,12,17H2,1H3,(H,19,20)/t13-/m1/s1. The van der Waals surface area contributed by atoms with Gasteiger partial charge < -0.3 is 11.1 Å². The second-order valence-electron chi connectivity index (χ2n) is 5.87. The molecule has 4 heteroatoms. The van der Waals surface area contributed by atoms with E-state index < -0.39 is 0 Å². The monoisotopic (exact) mass is 275 g/mol. The summed E-state index contributed by atoms with van der Waals surface area (Å²) in [7, 11) is 0. The highest BCUT2D eigenvalue weighted by atomic mass is 16.2. The van der Waals surface area contributed by atoms with E-state index in [4.69, 9.17) is 5.73 Å². The molecule has 1 aliphatic rings. The van der Waals surface area contributed by atoms with Gasteiger partial charge in [-0.05, 0) is 37.5 Å². The van der Waals surface area contributed by atoms with Gasteiger partial charge in [-0.15, -0.1) is 0 Å². The van der Waals surface area contributed by atoms with Crippen molar-refractivity contribution >= 4 is 5.91 Å². The van der Waals surface area contributed by atoms with Gasteiger partial charge >= 0.3 is 0 Å². The molecule has 1 aromatic rings. The van der Waals surface area contributed by atoms with Crippen LogP contribution in [0, 0.1) is 5.41 Å². The Kier molecular flexibility index (Phi) is 5.12. The molecule has 1 atom stereocenters. The minimum absolute atomic E-state index is 0.00261. The van der Waals surface area contributed by atoms with Crippen molar-refractivity contribution in [1.29, 1.82) is 0 Å². The van der Waals surface area contributed by atoms with Crippen LogP contribution in [0.15, 0.2) is 24.5 Å². The third kappa shape index (κ3) is 3.37. The van der Waals surface area contributed by atoms with Crippen LogP contribution >= 0.6 is 0 Å². The lowest BCUT2D eigenvalue weighted by Crippen LogP contribution is -2.46. The molecule has 1 fully saturated rings. The first-order chi connectivity index (χ1) is 9.68. The van der Waals surface area contributed by atoms with Crippen molar-refractivity contribution in [2.24, 2.45) is 11.1 Å². The highest BCUT2D eigenvalue weighted by molar-refractivity contribution is 5.83. The average molecular weight is 275 g/mol. The van der Waals surface area contributed by atoms with E-state index in [2.05, 4.69) is 10.3 Å². The number of pyridine rings is 1. The number of nitrogens with two attached hydrogens (primary N) is 1. The maximum atomic E-state index is 12.7. The van der Waals surface area contributed by atoms with E-state index >= 15 is 0 Å². The SMILES string of the molecule is C[C@@H](NC(=O)C1(CN)CCCCCC1)c1ccncc1. The molecule has 1 aliphatic carbocycles. The first-order valence-electron chi connectivity index (χ1n) is 7.59. The van der Waals surface area contributed by atoms with Crippen molar-refractivity contribution < 1.29 is 4.79 Å². The third-order valence-corrected chi connectivity index (χ3v) is 4.49. The van der Waals surface area contributed by atoms with Gasteiger partial charge in [-0.1, -0.05) is 25.7 Å². The summed E-state index contributed by atoms with van der Waals surface area (Å²) in [5.74, 6) is 0.117. The second-order valence-corrected chi connectivity index (χ2v) is 5.87. The number of carbonyl (C=O) groups excluding carboxylic acids is 1. The number of rotatable bonds is 4. The summed E-state index contributed by atoms with van der Waals surface area (Å²) in [5.41, 5.74) is 6.67. The Labute approximate surface area is 121 Å². The van der Waals surface area contributed by atoms with Crippen LogP contribution in [0.5, 0.6) is 0 Å². The van der Waals surface area contributed by atoms with E-state index in [1.807, 2.05) is 19.1 Å². The molecule has 1 heterocycles. The molecule has 4 nitrogen and oxygen atoms in total. The summed E-state index contributed by atoms with van der Waals surface area (Å²) in [6, 6.07) is 3.87. The molecule has 0 bridgehead atoms. The van der Waals surface area contributed by atoms with Crippen LogP contribution in [0.2, 0.25) is 0 Å². The summed E-state index contributed by atoms with van der Waals surface area (Å²) in [6.45, 7) is 2.45. The maximum Gasteiger partial charge on any atom is 0.227 e. The topological polar surface area (TPSA) is 68.0 Å². The van der Waals surface area contributed by atoms with E-state index in [1.54, 1.807) is 12.4 Å². The molecule has 2 rings (SSSR count). The first kappa shape index (κ1) is 15.0. The highest BCUT2D eigenvalue weighted by Gasteiger charge is 2.37. The lowest BCUT2D eigenvalue weighted by Gasteiger charge is -2.31. The Balaban J connectivity index is 2.05. The molecule has 1 amide bonds. The molecule has 0 aliphatic heterocycles. The van der Waals surface area contributed by atoms with Gasteiger partial charge in [0.15, 0.2) is 0 Å². The largest absolute Gasteiger partial charge is 0.349 e. The average Bonchev–Trinajstić information content (AvgIpc) is 2.74. The minimum atomic E-state index is -0.363. The number of amides is 1. The predicted octanol–water partition coefficient (Wildman–Crippen LogP) is 2.56. The van der Waals surface area contributed by atoms with E-state index in [0.29, 0.717) is 6.54 Å². The second kappa shape index (κ2) is 6.84. The Morgan fingerprint density at radius 2 is 1.90 bits per heavy atom. The van der Waals surface area contributed by atoms with Crippen molar-refractivity contribution in [2.45, 2.75) is 51.5 Å². The van der Waals surface area contributed by atoms with Crippen LogP contribution in [0.1, 0.15) is 57.1 Å². The van der Waals surface area contributed by atoms with Gasteiger partial charge in [0, 0.05) is 18.9 Å². The van der Waals surface area contributed by atoms with Crippen LogP contribution in [0.4, 0.5) is 0 Å². The zero-order valence-corrected chi connectivity index (χ0v) is 12.3. The normalized spacial score (nSPS) is 19.9. The van der Waals surface area contributed by atoms with E-state index in [-0.39, 0.29) is 17.4 Å². The molecule has 0 aromatic carbocycles. The van der Waals surface area contributed by atoms with Crippen molar-refractivity contribution in [2.75, 3.05) is 6.54 Å². The van der Waals surface area contributed by atoms with Gasteiger partial charge in [0.05, 0.1) is 11.5 Å². The van der Waals surface area contributed by atoms with Gasteiger partial charge in [0.1, 0.15) is 0 Å². The smallest absolute Gasteiger partial charge is 0.227 e. The molecular weight excluding hydrogens is 250 g/mol. The number of hydrogen-bond donors (Lipinski definition) is 2. The van der Waals surface area contributed by atoms with E-state index in [1.165, 1.54) is 12.8 Å². The highest BCUT2D eigenvalue weighted by Crippen LogP contribution is 2.35. The summed E-state index contributed by atoms with van der Waals surface area (Å²) in [5, 5.41) is 3.14. The molecule has 1 aromatic heterocycles. The van der Waals surface area contributed by atoms with Crippen molar-refractivity contribution in [1.82, 2.24) is 10.3 Å². The molecule has 0 spiro atoms. The van der Waals surface area contributed by atoms with Crippen molar-refractivity contribution in [3.8, 4) is 0 Å². The van der Waals surface area contributed by atoms with Gasteiger partial charge in [-0.2, -0.15) is 0 Å². The number of nitrogens with one attached hydrogen (secondary N) is 1.